The van der Waals surface area contributed by atoms with Gasteiger partial charge in [0.25, 0.3) is 0 Å². The third-order valence-corrected chi connectivity index (χ3v) is 16.7. The predicted octanol–water partition coefficient (Wildman–Crippen LogP) is 21.2. The van der Waals surface area contributed by atoms with Crippen LogP contribution in [0.15, 0.2) is 303 Å². The minimum Gasteiger partial charge on any atom is -0.228 e. The second kappa shape index (κ2) is 20.4. The summed E-state index contributed by atoms with van der Waals surface area (Å²) >= 11 is 0. The smallest absolute Gasteiger partial charge is 0.160 e. The molecule has 14 aromatic carbocycles. The lowest BCUT2D eigenvalue weighted by molar-refractivity contribution is 1.19. The van der Waals surface area contributed by atoms with E-state index in [4.69, 9.17) is 19.9 Å². The lowest BCUT2D eigenvalue weighted by atomic mass is 9.84. The molecule has 0 radical (unpaired) electrons. The van der Waals surface area contributed by atoms with Crippen molar-refractivity contribution in [2.75, 3.05) is 0 Å². The number of nitrogens with zero attached hydrogens (tertiary/aromatic N) is 4. The van der Waals surface area contributed by atoms with Crippen LogP contribution in [0, 0.1) is 0 Å². The Bertz CT molecular complexity index is 5080. The van der Waals surface area contributed by atoms with Crippen molar-refractivity contribution in [3.05, 3.63) is 303 Å². The van der Waals surface area contributed by atoms with Crippen molar-refractivity contribution in [3.8, 4) is 101 Å². The van der Waals surface area contributed by atoms with Gasteiger partial charge in [-0.1, -0.05) is 279 Å². The summed E-state index contributed by atoms with van der Waals surface area (Å²) in [6.07, 6.45) is 0. The number of hydrogen-bond acceptors (Lipinski definition) is 4. The third kappa shape index (κ3) is 8.39. The van der Waals surface area contributed by atoms with Crippen LogP contribution in [0.5, 0.6) is 0 Å². The van der Waals surface area contributed by atoms with Crippen LogP contribution in [-0.2, 0) is 0 Å². The summed E-state index contributed by atoms with van der Waals surface area (Å²) in [5.41, 5.74) is 16.6. The minimum atomic E-state index is 0.675. The summed E-state index contributed by atoms with van der Waals surface area (Å²) in [7, 11) is 0. The molecule has 0 aliphatic carbocycles. The zero-order valence-corrected chi connectivity index (χ0v) is 45.7. The minimum absolute atomic E-state index is 0.675. The van der Waals surface area contributed by atoms with E-state index in [9.17, 15) is 0 Å². The Balaban J connectivity index is 0.856. The van der Waals surface area contributed by atoms with E-state index in [1.165, 1.54) is 49.2 Å². The number of rotatable bonds is 9. The first-order chi connectivity index (χ1) is 41.7. The number of aromatic nitrogens is 4. The quantitative estimate of drug-likeness (QED) is 0.135. The van der Waals surface area contributed by atoms with Gasteiger partial charge in [0.1, 0.15) is 0 Å². The molecular weight excluding hydrogens is 1020 g/mol. The van der Waals surface area contributed by atoms with Gasteiger partial charge in [0.15, 0.2) is 11.6 Å². The lowest BCUT2D eigenvalue weighted by Gasteiger charge is -2.20. The molecule has 0 amide bonds. The van der Waals surface area contributed by atoms with Gasteiger partial charge in [0, 0.05) is 33.4 Å². The lowest BCUT2D eigenvalue weighted by Crippen LogP contribution is -1.98. The molecule has 0 bridgehead atoms. The van der Waals surface area contributed by atoms with Crippen LogP contribution in [0.4, 0.5) is 0 Å². The van der Waals surface area contributed by atoms with Crippen molar-refractivity contribution in [2.45, 2.75) is 0 Å². The fourth-order valence-electron chi connectivity index (χ4n) is 12.9. The first-order valence-corrected chi connectivity index (χ1v) is 28.6. The van der Waals surface area contributed by atoms with Gasteiger partial charge in [-0.25, -0.2) is 19.9 Å². The molecule has 390 valence electrons. The molecule has 84 heavy (non-hydrogen) atoms. The number of fused-ring (bicyclic) bond motifs is 6. The first kappa shape index (κ1) is 48.7. The largest absolute Gasteiger partial charge is 0.228 e. The van der Waals surface area contributed by atoms with Crippen molar-refractivity contribution < 1.29 is 0 Å². The molecule has 0 aliphatic heterocycles. The average molecular weight is 1070 g/mol. The van der Waals surface area contributed by atoms with E-state index in [0.717, 1.165) is 105 Å². The second-order valence-corrected chi connectivity index (χ2v) is 21.6. The maximum atomic E-state index is 5.48. The fraction of sp³-hybridized carbons (Fsp3) is 0. The van der Waals surface area contributed by atoms with Crippen molar-refractivity contribution in [2.24, 2.45) is 0 Å². The molecule has 0 N–H and O–H groups in total. The normalized spacial score (nSPS) is 11.6. The molecule has 2 heterocycles. The average Bonchev–Trinajstić information content (AvgIpc) is 3.74. The van der Waals surface area contributed by atoms with Gasteiger partial charge in [0.2, 0.25) is 0 Å². The molecule has 0 saturated heterocycles. The van der Waals surface area contributed by atoms with Gasteiger partial charge in [0.05, 0.1) is 22.8 Å². The van der Waals surface area contributed by atoms with Crippen LogP contribution in [0.1, 0.15) is 0 Å². The molecule has 16 rings (SSSR count). The molecule has 2 aromatic heterocycles. The van der Waals surface area contributed by atoms with Crippen LogP contribution in [0.25, 0.3) is 166 Å². The molecule has 4 heteroatoms. The Morgan fingerprint density at radius 3 is 1.05 bits per heavy atom. The number of benzene rings is 14. The van der Waals surface area contributed by atoms with Crippen LogP contribution >= 0.6 is 0 Å². The van der Waals surface area contributed by atoms with Gasteiger partial charge in [-0.15, -0.1) is 0 Å². The van der Waals surface area contributed by atoms with E-state index >= 15 is 0 Å². The summed E-state index contributed by atoms with van der Waals surface area (Å²) in [5, 5.41) is 14.0. The maximum absolute atomic E-state index is 5.48. The van der Waals surface area contributed by atoms with E-state index in [1.807, 2.05) is 30.3 Å². The van der Waals surface area contributed by atoms with Crippen molar-refractivity contribution in [3.63, 3.8) is 0 Å². The highest BCUT2D eigenvalue weighted by molar-refractivity contribution is 6.25. The molecule has 0 atom stereocenters. The van der Waals surface area contributed by atoms with Gasteiger partial charge in [-0.2, -0.15) is 0 Å². The highest BCUT2D eigenvalue weighted by Crippen LogP contribution is 2.48. The highest BCUT2D eigenvalue weighted by Gasteiger charge is 2.23. The zero-order valence-electron chi connectivity index (χ0n) is 45.7. The fourth-order valence-corrected chi connectivity index (χ4v) is 12.9. The monoisotopic (exact) mass is 1070 g/mol. The van der Waals surface area contributed by atoms with E-state index in [1.54, 1.807) is 0 Å². The summed E-state index contributed by atoms with van der Waals surface area (Å²) in [6, 6.07) is 109. The van der Waals surface area contributed by atoms with Crippen LogP contribution in [0.2, 0.25) is 0 Å². The van der Waals surface area contributed by atoms with E-state index in [2.05, 4.69) is 273 Å². The Hall–Kier alpha value is -11.2. The number of hydrogen-bond donors (Lipinski definition) is 0. The highest BCUT2D eigenvalue weighted by atomic mass is 14.9. The van der Waals surface area contributed by atoms with Crippen LogP contribution < -0.4 is 0 Å². The van der Waals surface area contributed by atoms with E-state index < -0.39 is 0 Å². The zero-order chi connectivity index (χ0) is 55.5. The molecule has 0 spiro atoms. The molecule has 0 aliphatic rings. The molecular formula is C80H50N4. The summed E-state index contributed by atoms with van der Waals surface area (Å²) in [5.74, 6) is 1.37. The molecule has 0 saturated carbocycles. The van der Waals surface area contributed by atoms with Crippen molar-refractivity contribution in [1.82, 2.24) is 19.9 Å². The van der Waals surface area contributed by atoms with Gasteiger partial charge >= 0.3 is 0 Å². The van der Waals surface area contributed by atoms with Gasteiger partial charge in [-0.05, 0) is 122 Å². The first-order valence-electron chi connectivity index (χ1n) is 28.6. The Morgan fingerprint density at radius 2 is 0.524 bits per heavy atom. The second-order valence-electron chi connectivity index (χ2n) is 21.6. The Morgan fingerprint density at radius 1 is 0.167 bits per heavy atom. The summed E-state index contributed by atoms with van der Waals surface area (Å²) in [6.45, 7) is 0. The Labute approximate surface area is 486 Å². The Kier molecular flexibility index (Phi) is 11.8. The van der Waals surface area contributed by atoms with Crippen LogP contribution in [-0.4, -0.2) is 19.9 Å². The van der Waals surface area contributed by atoms with Crippen LogP contribution in [0.3, 0.4) is 0 Å². The molecule has 4 nitrogen and oxygen atoms in total. The van der Waals surface area contributed by atoms with Crippen molar-refractivity contribution >= 4 is 64.6 Å². The maximum Gasteiger partial charge on any atom is 0.160 e. The van der Waals surface area contributed by atoms with Gasteiger partial charge < -0.3 is 0 Å². The molecule has 16 aromatic rings. The summed E-state index contributed by atoms with van der Waals surface area (Å²) < 4.78 is 0. The molecule has 0 unspecified atom stereocenters. The van der Waals surface area contributed by atoms with Crippen molar-refractivity contribution in [1.29, 1.82) is 0 Å². The standard InChI is InChI=1S/C80H50N4/c1-4-24-52(25-5-1)71-49-73(83-79(81-71)53-26-6-2-7-27-53)78-69-39-18-14-35-65(69)76(66-36-15-19-40-70(66)78)62-44-22-42-60-59(41-21-43-61(60)62)56-31-20-32-57(48-56)72-50-74(84-80(82-72)54-28-8-3-9-29-54)77-67-37-16-12-33-63(67)75(64-34-13-17-38-68(64)77)58-46-45-51-23-10-11-30-55(51)47-58/h1-50H. The van der Waals surface area contributed by atoms with Gasteiger partial charge in [-0.3, -0.25) is 0 Å². The summed E-state index contributed by atoms with van der Waals surface area (Å²) in [4.78, 5) is 21.5. The topological polar surface area (TPSA) is 51.6 Å². The van der Waals surface area contributed by atoms with E-state index in [0.29, 0.717) is 11.6 Å². The SMILES string of the molecule is c1ccc(-c2cc(-c3c4ccccc4c(-c4cccc5c(-c6cccc(-c7cc(-c8c9ccccc9c(-c9ccc%10ccccc%10c9)c9ccccc89)nc(-c8ccccc8)n7)c6)cccc45)c4ccccc34)nc(-c3ccccc3)n2)cc1. The third-order valence-electron chi connectivity index (χ3n) is 16.7. The molecule has 0 fully saturated rings. The van der Waals surface area contributed by atoms with E-state index in [-0.39, 0.29) is 0 Å². The predicted molar refractivity (Wildman–Crippen MR) is 352 cm³/mol.